The van der Waals surface area contributed by atoms with Crippen LogP contribution in [-0.4, -0.2) is 25.3 Å². The van der Waals surface area contributed by atoms with E-state index in [-0.39, 0.29) is 0 Å². The molecule has 6 N–H and O–H groups in total. The Morgan fingerprint density at radius 1 is 1.54 bits per heavy atom. The second-order valence-electron chi connectivity index (χ2n) is 2.45. The van der Waals surface area contributed by atoms with Crippen LogP contribution < -0.4 is 22.0 Å². The summed E-state index contributed by atoms with van der Waals surface area (Å²) in [5.41, 5.74) is 13.8. The summed E-state index contributed by atoms with van der Waals surface area (Å²) in [6, 6.07) is 0. The van der Waals surface area contributed by atoms with Crippen LogP contribution in [0.1, 0.15) is 19.8 Å². The summed E-state index contributed by atoms with van der Waals surface area (Å²) in [6.07, 6.45) is 3.00. The van der Waals surface area contributed by atoms with Crippen molar-refractivity contribution in [1.29, 1.82) is 5.41 Å². The molecule has 76 valence electrons. The van der Waals surface area contributed by atoms with Crippen molar-refractivity contribution < 1.29 is 0 Å². The van der Waals surface area contributed by atoms with Gasteiger partial charge in [-0.1, -0.05) is 6.92 Å². The molecule has 0 bridgehead atoms. The van der Waals surface area contributed by atoms with Gasteiger partial charge in [0, 0.05) is 19.5 Å². The quantitative estimate of drug-likeness (QED) is 0.158. The molecule has 13 heavy (non-hydrogen) atoms. The Bertz CT molecular complexity index is 155. The van der Waals surface area contributed by atoms with Gasteiger partial charge in [0.2, 0.25) is 5.96 Å². The Morgan fingerprint density at radius 3 is 2.92 bits per heavy atom. The second-order valence-corrected chi connectivity index (χ2v) is 2.45. The summed E-state index contributed by atoms with van der Waals surface area (Å²) in [7, 11) is 0. The van der Waals surface area contributed by atoms with Gasteiger partial charge in [0.15, 0.2) is 0 Å². The second kappa shape index (κ2) is 8.79. The fourth-order valence-corrected chi connectivity index (χ4v) is 0.584. The minimum Gasteiger partial charge on any atom is -0.367 e. The lowest BCUT2D eigenvalue weighted by molar-refractivity contribution is 0.627. The van der Waals surface area contributed by atoms with Crippen molar-refractivity contribution in [3.63, 3.8) is 0 Å². The predicted molar refractivity (Wildman–Crippen MR) is 54.5 cm³/mol. The summed E-state index contributed by atoms with van der Waals surface area (Å²) in [5.74, 6) is 0.304. The lowest BCUT2D eigenvalue weighted by Gasteiger charge is -2.05. The van der Waals surface area contributed by atoms with E-state index in [1.807, 2.05) is 0 Å². The standard InChI is InChI=1S/C7H18N6/c1-2-5-10-12-7(9)13-11-6-3-4-8/h4,8,10-11H,2-3,5-6H2,1H3,(H3,9,12,13). The zero-order chi connectivity index (χ0) is 9.94. The van der Waals surface area contributed by atoms with Crippen LogP contribution in [0.4, 0.5) is 0 Å². The number of nitrogens with two attached hydrogens (primary N) is 1. The normalized spacial score (nSPS) is 11.0. The van der Waals surface area contributed by atoms with Crippen LogP contribution in [0.25, 0.3) is 0 Å². The molecule has 0 spiro atoms. The number of hydrazone groups is 1. The van der Waals surface area contributed by atoms with Gasteiger partial charge >= 0.3 is 0 Å². The monoisotopic (exact) mass is 186 g/mol. The Labute approximate surface area is 78.4 Å². The number of nitrogens with zero attached hydrogens (tertiary/aromatic N) is 1. The van der Waals surface area contributed by atoms with Crippen molar-refractivity contribution in [2.75, 3.05) is 13.1 Å². The molecule has 0 aliphatic carbocycles. The number of hydrazine groups is 1. The first-order valence-corrected chi connectivity index (χ1v) is 4.35. The molecule has 0 aromatic rings. The number of nitrogens with one attached hydrogen (secondary N) is 4. The van der Waals surface area contributed by atoms with Crippen LogP contribution in [0.15, 0.2) is 5.10 Å². The first-order chi connectivity index (χ1) is 6.31. The van der Waals surface area contributed by atoms with Gasteiger partial charge in [-0.2, -0.15) is 0 Å². The SMILES string of the molecule is CCCNNC(N)=NNCCC=N. The van der Waals surface area contributed by atoms with E-state index in [4.69, 9.17) is 11.1 Å². The molecule has 0 aliphatic heterocycles. The molecule has 0 unspecified atom stereocenters. The maximum Gasteiger partial charge on any atom is 0.225 e. The molecule has 0 aromatic carbocycles. The van der Waals surface area contributed by atoms with Crippen molar-refractivity contribution in [3.8, 4) is 0 Å². The van der Waals surface area contributed by atoms with Gasteiger partial charge in [0.1, 0.15) is 0 Å². The highest BCUT2D eigenvalue weighted by molar-refractivity contribution is 5.76. The van der Waals surface area contributed by atoms with E-state index in [9.17, 15) is 0 Å². The number of guanidine groups is 1. The van der Waals surface area contributed by atoms with Crippen LogP contribution in [0.5, 0.6) is 0 Å². The van der Waals surface area contributed by atoms with Gasteiger partial charge in [0.05, 0.1) is 0 Å². The minimum atomic E-state index is 0.304. The van der Waals surface area contributed by atoms with Gasteiger partial charge < -0.3 is 16.6 Å². The number of hydrogen-bond donors (Lipinski definition) is 5. The lowest BCUT2D eigenvalue weighted by atomic mass is 10.5. The third-order valence-electron chi connectivity index (χ3n) is 1.19. The zero-order valence-corrected chi connectivity index (χ0v) is 7.93. The first-order valence-electron chi connectivity index (χ1n) is 4.35. The fraction of sp³-hybridized carbons (Fsp3) is 0.714. The van der Waals surface area contributed by atoms with Crippen LogP contribution in [-0.2, 0) is 0 Å². The molecule has 0 heterocycles. The Kier molecular flexibility index (Phi) is 7.91. The Balaban J connectivity index is 3.33. The Hall–Kier alpha value is -1.30. The van der Waals surface area contributed by atoms with Crippen molar-refractivity contribution in [1.82, 2.24) is 16.3 Å². The minimum absolute atomic E-state index is 0.304. The van der Waals surface area contributed by atoms with E-state index in [2.05, 4.69) is 28.3 Å². The van der Waals surface area contributed by atoms with E-state index >= 15 is 0 Å². The molecule has 0 saturated carbocycles. The highest BCUT2D eigenvalue weighted by atomic mass is 15.5. The van der Waals surface area contributed by atoms with E-state index < -0.39 is 0 Å². The molecule has 0 radical (unpaired) electrons. The smallest absolute Gasteiger partial charge is 0.225 e. The van der Waals surface area contributed by atoms with Crippen molar-refractivity contribution >= 4 is 12.2 Å². The largest absolute Gasteiger partial charge is 0.367 e. The molecule has 6 heteroatoms. The van der Waals surface area contributed by atoms with E-state index in [0.29, 0.717) is 18.9 Å². The summed E-state index contributed by atoms with van der Waals surface area (Å²) < 4.78 is 0. The Morgan fingerprint density at radius 2 is 2.31 bits per heavy atom. The molecule has 0 aliphatic rings. The van der Waals surface area contributed by atoms with Crippen LogP contribution in [0, 0.1) is 5.41 Å². The molecule has 0 saturated heterocycles. The molecule has 0 fully saturated rings. The van der Waals surface area contributed by atoms with Gasteiger partial charge in [-0.05, 0) is 12.6 Å². The maximum absolute atomic E-state index is 6.75. The lowest BCUT2D eigenvalue weighted by Crippen LogP contribution is -2.43. The van der Waals surface area contributed by atoms with Gasteiger partial charge in [0.25, 0.3) is 0 Å². The van der Waals surface area contributed by atoms with E-state index in [1.165, 1.54) is 6.21 Å². The van der Waals surface area contributed by atoms with Gasteiger partial charge in [-0.3, -0.25) is 5.43 Å². The average molecular weight is 186 g/mol. The highest BCUT2D eigenvalue weighted by Gasteiger charge is 1.87. The maximum atomic E-state index is 6.75. The average Bonchev–Trinajstić information content (AvgIpc) is 2.13. The van der Waals surface area contributed by atoms with Crippen molar-refractivity contribution in [2.24, 2.45) is 10.8 Å². The van der Waals surface area contributed by atoms with Gasteiger partial charge in [-0.15, -0.1) is 5.10 Å². The fourth-order valence-electron chi connectivity index (χ4n) is 0.584. The summed E-state index contributed by atoms with van der Waals surface area (Å²) in [5, 5.41) is 10.6. The van der Waals surface area contributed by atoms with Crippen LogP contribution in [0.3, 0.4) is 0 Å². The van der Waals surface area contributed by atoms with E-state index in [1.54, 1.807) is 0 Å². The summed E-state index contributed by atoms with van der Waals surface area (Å²) in [6.45, 7) is 3.53. The molecule has 6 nitrogen and oxygen atoms in total. The van der Waals surface area contributed by atoms with Gasteiger partial charge in [-0.25, -0.2) is 5.43 Å². The van der Waals surface area contributed by atoms with Crippen molar-refractivity contribution in [2.45, 2.75) is 19.8 Å². The predicted octanol–water partition coefficient (Wildman–Crippen LogP) is -0.650. The van der Waals surface area contributed by atoms with Crippen molar-refractivity contribution in [3.05, 3.63) is 0 Å². The topological polar surface area (TPSA) is 98.3 Å². The number of rotatable bonds is 7. The molecular formula is C7H18N6. The molecule has 0 aromatic heterocycles. The third-order valence-corrected chi connectivity index (χ3v) is 1.19. The summed E-state index contributed by atoms with van der Waals surface area (Å²) >= 11 is 0. The molecule has 0 atom stereocenters. The van der Waals surface area contributed by atoms with Crippen LogP contribution >= 0.6 is 0 Å². The zero-order valence-electron chi connectivity index (χ0n) is 7.93. The first kappa shape index (κ1) is 11.7. The molecule has 0 rings (SSSR count). The molecular weight excluding hydrogens is 168 g/mol. The molecule has 0 amide bonds. The van der Waals surface area contributed by atoms with Crippen LogP contribution in [0.2, 0.25) is 0 Å². The summed E-state index contributed by atoms with van der Waals surface area (Å²) in [4.78, 5) is 0. The highest BCUT2D eigenvalue weighted by Crippen LogP contribution is 1.68. The number of hydrogen-bond acceptors (Lipinski definition) is 4. The third kappa shape index (κ3) is 8.61. The van der Waals surface area contributed by atoms with E-state index in [0.717, 1.165) is 13.0 Å².